The Morgan fingerprint density at radius 1 is 1.38 bits per heavy atom. The lowest BCUT2D eigenvalue weighted by atomic mass is 10.1. The molecule has 1 unspecified atom stereocenters. The fraction of sp³-hybridized carbons (Fsp3) is 0.389. The van der Waals surface area contributed by atoms with Crippen molar-refractivity contribution in [3.05, 3.63) is 52.9 Å². The van der Waals surface area contributed by atoms with Crippen molar-refractivity contribution >= 4 is 17.5 Å². The Kier molecular flexibility index (Phi) is 6.38. The summed E-state index contributed by atoms with van der Waals surface area (Å²) in [5, 5.41) is 13.0. The lowest BCUT2D eigenvalue weighted by Crippen LogP contribution is -2.29. The van der Waals surface area contributed by atoms with Crippen LogP contribution in [0.2, 0.25) is 5.02 Å². The molecule has 2 aromatic rings. The maximum Gasteiger partial charge on any atom is 0.253 e. The van der Waals surface area contributed by atoms with Crippen LogP contribution in [0.1, 0.15) is 35.0 Å². The Morgan fingerprint density at radius 2 is 2.19 bits per heavy atom. The van der Waals surface area contributed by atoms with Gasteiger partial charge in [-0.05, 0) is 18.2 Å². The number of halogens is 1. The van der Waals surface area contributed by atoms with Crippen LogP contribution >= 0.6 is 11.6 Å². The van der Waals surface area contributed by atoms with Crippen molar-refractivity contribution in [1.29, 1.82) is 0 Å². The van der Waals surface area contributed by atoms with Crippen LogP contribution in [0, 0.1) is 0 Å². The highest BCUT2D eigenvalue weighted by atomic mass is 35.5. The van der Waals surface area contributed by atoms with Gasteiger partial charge in [-0.1, -0.05) is 17.7 Å². The van der Waals surface area contributed by atoms with Crippen LogP contribution in [0.3, 0.4) is 0 Å². The number of hydrogen-bond donors (Lipinski definition) is 2. The summed E-state index contributed by atoms with van der Waals surface area (Å²) >= 11 is 6.19. The fourth-order valence-electron chi connectivity index (χ4n) is 2.56. The highest BCUT2D eigenvalue weighted by Gasteiger charge is 2.19. The minimum atomic E-state index is -0.889. The van der Waals surface area contributed by atoms with E-state index in [1.807, 2.05) is 0 Å². The second-order valence-corrected chi connectivity index (χ2v) is 6.33. The Labute approximate surface area is 156 Å². The van der Waals surface area contributed by atoms with Crippen LogP contribution in [-0.4, -0.2) is 46.8 Å². The van der Waals surface area contributed by atoms with E-state index in [-0.39, 0.29) is 23.6 Å². The maximum absolute atomic E-state index is 12.2. The number of aromatic nitrogens is 2. The summed E-state index contributed by atoms with van der Waals surface area (Å²) in [5.74, 6) is -0.0735. The van der Waals surface area contributed by atoms with Gasteiger partial charge in [-0.15, -0.1) is 0 Å². The van der Waals surface area contributed by atoms with Gasteiger partial charge in [-0.25, -0.2) is 4.98 Å². The van der Waals surface area contributed by atoms with E-state index in [0.717, 1.165) is 12.8 Å². The molecule has 0 saturated carbocycles. The Hall–Kier alpha value is -2.22. The molecule has 8 heteroatoms. The SMILES string of the molecule is O=C(NCC(O)c1ccccn1)c1cnc(OC2CCOCC2)c(Cl)c1. The molecule has 3 heterocycles. The summed E-state index contributed by atoms with van der Waals surface area (Å²) in [6.45, 7) is 1.34. The van der Waals surface area contributed by atoms with E-state index < -0.39 is 6.10 Å². The minimum Gasteiger partial charge on any atom is -0.473 e. The summed E-state index contributed by atoms with van der Waals surface area (Å²) in [7, 11) is 0. The molecule has 0 bridgehead atoms. The number of carbonyl (C=O) groups is 1. The first-order valence-corrected chi connectivity index (χ1v) is 8.78. The molecule has 1 fully saturated rings. The third-order valence-corrected chi connectivity index (χ3v) is 4.27. The average Bonchev–Trinajstić information content (AvgIpc) is 2.69. The van der Waals surface area contributed by atoms with Crippen LogP contribution < -0.4 is 10.1 Å². The average molecular weight is 378 g/mol. The summed E-state index contributed by atoms with van der Waals surface area (Å²) in [6.07, 6.45) is 3.68. The largest absolute Gasteiger partial charge is 0.473 e. The molecule has 1 aliphatic rings. The molecular formula is C18H20ClN3O4. The van der Waals surface area contributed by atoms with Crippen molar-refractivity contribution in [3.63, 3.8) is 0 Å². The van der Waals surface area contributed by atoms with Gasteiger partial charge in [0, 0.05) is 31.8 Å². The number of aliphatic hydroxyl groups excluding tert-OH is 1. The third-order valence-electron chi connectivity index (χ3n) is 4.00. The Morgan fingerprint density at radius 3 is 2.88 bits per heavy atom. The van der Waals surface area contributed by atoms with E-state index >= 15 is 0 Å². The first-order valence-electron chi connectivity index (χ1n) is 8.40. The lowest BCUT2D eigenvalue weighted by molar-refractivity contribution is 0.0238. The smallest absolute Gasteiger partial charge is 0.253 e. The maximum atomic E-state index is 12.2. The number of aliphatic hydroxyl groups is 1. The van der Waals surface area contributed by atoms with Crippen molar-refractivity contribution in [2.45, 2.75) is 25.0 Å². The van der Waals surface area contributed by atoms with Gasteiger partial charge in [0.25, 0.3) is 5.91 Å². The summed E-state index contributed by atoms with van der Waals surface area (Å²) < 4.78 is 11.1. The van der Waals surface area contributed by atoms with Crippen molar-refractivity contribution in [1.82, 2.24) is 15.3 Å². The highest BCUT2D eigenvalue weighted by Crippen LogP contribution is 2.25. The summed E-state index contributed by atoms with van der Waals surface area (Å²) in [5.41, 5.74) is 0.784. The monoisotopic (exact) mass is 377 g/mol. The molecule has 2 aromatic heterocycles. The normalized spacial score (nSPS) is 16.1. The lowest BCUT2D eigenvalue weighted by Gasteiger charge is -2.23. The topological polar surface area (TPSA) is 93.6 Å². The zero-order valence-electron chi connectivity index (χ0n) is 14.1. The zero-order chi connectivity index (χ0) is 18.4. The molecule has 1 saturated heterocycles. The molecule has 2 N–H and O–H groups in total. The van der Waals surface area contributed by atoms with E-state index in [1.54, 1.807) is 24.4 Å². The number of amides is 1. The number of hydrogen-bond acceptors (Lipinski definition) is 6. The zero-order valence-corrected chi connectivity index (χ0v) is 14.9. The van der Waals surface area contributed by atoms with Gasteiger partial charge in [0.05, 0.1) is 24.5 Å². The first kappa shape index (κ1) is 18.6. The number of rotatable bonds is 6. The predicted molar refractivity (Wildman–Crippen MR) is 95.2 cm³/mol. The van der Waals surface area contributed by atoms with E-state index in [9.17, 15) is 9.90 Å². The van der Waals surface area contributed by atoms with Gasteiger partial charge in [0.1, 0.15) is 17.2 Å². The number of nitrogens with zero attached hydrogens (tertiary/aromatic N) is 2. The van der Waals surface area contributed by atoms with E-state index in [4.69, 9.17) is 21.1 Å². The quantitative estimate of drug-likeness (QED) is 0.801. The molecule has 0 radical (unpaired) electrons. The van der Waals surface area contributed by atoms with Gasteiger partial charge >= 0.3 is 0 Å². The van der Waals surface area contributed by atoms with Gasteiger partial charge < -0.3 is 19.9 Å². The van der Waals surface area contributed by atoms with Crippen LogP contribution in [0.5, 0.6) is 5.88 Å². The summed E-state index contributed by atoms with van der Waals surface area (Å²) in [4.78, 5) is 20.4. The number of pyridine rings is 2. The molecule has 26 heavy (non-hydrogen) atoms. The van der Waals surface area contributed by atoms with Crippen molar-refractivity contribution < 1.29 is 19.4 Å². The standard InChI is InChI=1S/C18H20ClN3O4/c19-14-9-12(10-22-18(14)26-13-4-7-25-8-5-13)17(24)21-11-16(23)15-3-1-2-6-20-15/h1-3,6,9-10,13,16,23H,4-5,7-8,11H2,(H,21,24). The Balaban J connectivity index is 1.56. The van der Waals surface area contributed by atoms with E-state index in [0.29, 0.717) is 30.4 Å². The second kappa shape index (κ2) is 8.93. The van der Waals surface area contributed by atoms with Gasteiger partial charge in [-0.3, -0.25) is 9.78 Å². The van der Waals surface area contributed by atoms with Crippen LogP contribution in [0.4, 0.5) is 0 Å². The molecule has 138 valence electrons. The van der Waals surface area contributed by atoms with E-state index in [1.165, 1.54) is 12.3 Å². The van der Waals surface area contributed by atoms with Crippen molar-refractivity contribution in [2.75, 3.05) is 19.8 Å². The van der Waals surface area contributed by atoms with Crippen LogP contribution in [0.25, 0.3) is 0 Å². The second-order valence-electron chi connectivity index (χ2n) is 5.92. The number of carbonyl (C=O) groups excluding carboxylic acids is 1. The third kappa shape index (κ3) is 4.91. The van der Waals surface area contributed by atoms with Crippen molar-refractivity contribution in [3.8, 4) is 5.88 Å². The number of ether oxygens (including phenoxy) is 2. The molecule has 0 aliphatic carbocycles. The number of nitrogens with one attached hydrogen (secondary N) is 1. The molecule has 0 aromatic carbocycles. The summed E-state index contributed by atoms with van der Waals surface area (Å²) in [6, 6.07) is 6.73. The molecule has 7 nitrogen and oxygen atoms in total. The van der Waals surface area contributed by atoms with E-state index in [2.05, 4.69) is 15.3 Å². The molecule has 3 rings (SSSR count). The van der Waals surface area contributed by atoms with Gasteiger partial charge in [0.2, 0.25) is 5.88 Å². The first-order chi connectivity index (χ1) is 12.6. The molecule has 1 aliphatic heterocycles. The van der Waals surface area contributed by atoms with Gasteiger partial charge in [-0.2, -0.15) is 0 Å². The molecule has 1 atom stereocenters. The molecule has 0 spiro atoms. The molecular weight excluding hydrogens is 358 g/mol. The molecule has 1 amide bonds. The van der Waals surface area contributed by atoms with Crippen molar-refractivity contribution in [2.24, 2.45) is 0 Å². The van der Waals surface area contributed by atoms with Crippen LogP contribution in [-0.2, 0) is 4.74 Å². The van der Waals surface area contributed by atoms with Gasteiger partial charge in [0.15, 0.2) is 0 Å². The van der Waals surface area contributed by atoms with Crippen LogP contribution in [0.15, 0.2) is 36.7 Å². The fourth-order valence-corrected chi connectivity index (χ4v) is 2.77. The predicted octanol–water partition coefficient (Wildman–Crippen LogP) is 2.15. The minimum absolute atomic E-state index is 0.0157. The highest BCUT2D eigenvalue weighted by molar-refractivity contribution is 6.32. The Bertz CT molecular complexity index is 738.